The van der Waals surface area contributed by atoms with Crippen LogP contribution in [0.5, 0.6) is 11.5 Å². The van der Waals surface area contributed by atoms with E-state index in [9.17, 15) is 4.79 Å². The van der Waals surface area contributed by atoms with Gasteiger partial charge in [0.25, 0.3) is 5.91 Å². The van der Waals surface area contributed by atoms with E-state index < -0.39 is 0 Å². The summed E-state index contributed by atoms with van der Waals surface area (Å²) in [6.45, 7) is 7.65. The molecule has 228 valence electrons. The summed E-state index contributed by atoms with van der Waals surface area (Å²) in [6.07, 6.45) is 10.7. The maximum atomic E-state index is 12.7. The summed E-state index contributed by atoms with van der Waals surface area (Å²) in [4.78, 5) is 32.5. The molecule has 1 amide bonds. The van der Waals surface area contributed by atoms with Gasteiger partial charge in [0.05, 0.1) is 50.5 Å². The van der Waals surface area contributed by atoms with E-state index in [1.165, 1.54) is 23.0 Å². The number of ether oxygens (including phenoxy) is 3. The van der Waals surface area contributed by atoms with Crippen molar-refractivity contribution < 1.29 is 19.0 Å². The summed E-state index contributed by atoms with van der Waals surface area (Å²) < 4.78 is 17.1. The van der Waals surface area contributed by atoms with E-state index in [1.807, 2.05) is 12.1 Å². The predicted molar refractivity (Wildman–Crippen MR) is 169 cm³/mol. The Labute approximate surface area is 256 Å². The quantitative estimate of drug-likeness (QED) is 0.226. The van der Waals surface area contributed by atoms with E-state index in [-0.39, 0.29) is 11.7 Å². The molecule has 2 N–H and O–H groups in total. The number of anilines is 2. The summed E-state index contributed by atoms with van der Waals surface area (Å²) >= 11 is 0. The van der Waals surface area contributed by atoms with Crippen LogP contribution < -0.4 is 20.1 Å². The van der Waals surface area contributed by atoms with Crippen LogP contribution in [0.1, 0.15) is 46.1 Å². The number of hydrogen-bond acceptors (Lipinski definition) is 10. The fourth-order valence-electron chi connectivity index (χ4n) is 5.54. The molecule has 2 aromatic carbocycles. The number of fused-ring (bicyclic) bond motifs is 2. The molecule has 0 saturated carbocycles. The van der Waals surface area contributed by atoms with Gasteiger partial charge < -0.3 is 24.8 Å². The molecular weight excluding hydrogens is 558 g/mol. The number of methoxy groups -OCH3 is 1. The first kappa shape index (κ1) is 29.5. The van der Waals surface area contributed by atoms with Gasteiger partial charge in [0.1, 0.15) is 12.1 Å². The lowest BCUT2D eigenvalue weighted by Crippen LogP contribution is -2.37. The molecule has 11 nitrogen and oxygen atoms in total. The normalized spacial score (nSPS) is 16.1. The number of aromatic nitrogens is 4. The van der Waals surface area contributed by atoms with Gasteiger partial charge in [0, 0.05) is 43.5 Å². The Morgan fingerprint density at radius 1 is 1.07 bits per heavy atom. The van der Waals surface area contributed by atoms with Crippen molar-refractivity contribution in [2.24, 2.45) is 0 Å². The van der Waals surface area contributed by atoms with E-state index in [0.29, 0.717) is 47.6 Å². The van der Waals surface area contributed by atoms with E-state index in [4.69, 9.17) is 14.2 Å². The molecule has 2 aromatic heterocycles. The fraction of sp³-hybridized carbons (Fsp3) is 0.364. The number of amides is 1. The Hall–Kier alpha value is -4.61. The van der Waals surface area contributed by atoms with Crippen LogP contribution in [0.15, 0.2) is 55.1 Å². The molecule has 0 bridgehead atoms. The van der Waals surface area contributed by atoms with Crippen molar-refractivity contribution >= 4 is 34.4 Å². The zero-order valence-corrected chi connectivity index (χ0v) is 25.1. The van der Waals surface area contributed by atoms with E-state index >= 15 is 0 Å². The monoisotopic (exact) mass is 595 g/mol. The molecular formula is C33H37N7O4. The molecule has 1 unspecified atom stereocenters. The SMILES string of the molecule is COc1cc2c(Nc3cnc(C(=O)NCCC4C=Cc5ccc(C)cc54)nc3)ncnc2cc1OCCCN1CCOCC1. The Morgan fingerprint density at radius 2 is 1.91 bits per heavy atom. The lowest BCUT2D eigenvalue weighted by Gasteiger charge is -2.26. The number of hydrogen-bond donors (Lipinski definition) is 2. The number of aryl methyl sites for hydroxylation is 1. The second-order valence-corrected chi connectivity index (χ2v) is 11.0. The molecule has 4 aromatic rings. The van der Waals surface area contributed by atoms with Crippen molar-refractivity contribution in [2.45, 2.75) is 25.7 Å². The second-order valence-electron chi connectivity index (χ2n) is 11.0. The average molecular weight is 596 g/mol. The van der Waals surface area contributed by atoms with Crippen LogP contribution in [0.2, 0.25) is 0 Å². The van der Waals surface area contributed by atoms with Gasteiger partial charge in [-0.2, -0.15) is 0 Å². The Balaban J connectivity index is 1.04. The van der Waals surface area contributed by atoms with Gasteiger partial charge in [0.2, 0.25) is 5.82 Å². The van der Waals surface area contributed by atoms with Crippen LogP contribution >= 0.6 is 0 Å². The second kappa shape index (κ2) is 13.8. The minimum Gasteiger partial charge on any atom is -0.493 e. The molecule has 44 heavy (non-hydrogen) atoms. The molecule has 1 saturated heterocycles. The molecule has 6 rings (SSSR count). The average Bonchev–Trinajstić information content (AvgIpc) is 3.45. The number of nitrogens with zero attached hydrogens (tertiary/aromatic N) is 5. The highest BCUT2D eigenvalue weighted by atomic mass is 16.5. The number of carbonyl (C=O) groups excluding carboxylic acids is 1. The van der Waals surface area contributed by atoms with Crippen LogP contribution in [-0.2, 0) is 4.74 Å². The zero-order valence-electron chi connectivity index (χ0n) is 25.1. The Bertz CT molecular complexity index is 1640. The highest BCUT2D eigenvalue weighted by molar-refractivity contribution is 5.93. The zero-order chi connectivity index (χ0) is 30.3. The molecule has 2 aliphatic rings. The number of allylic oxidation sites excluding steroid dienone is 1. The van der Waals surface area contributed by atoms with Crippen molar-refractivity contribution in [3.63, 3.8) is 0 Å². The first-order valence-electron chi connectivity index (χ1n) is 15.0. The maximum Gasteiger partial charge on any atom is 0.289 e. The van der Waals surface area contributed by atoms with Gasteiger partial charge in [-0.1, -0.05) is 35.9 Å². The third-order valence-electron chi connectivity index (χ3n) is 7.91. The van der Waals surface area contributed by atoms with Crippen LogP contribution in [0.4, 0.5) is 11.5 Å². The molecule has 3 heterocycles. The number of rotatable bonds is 12. The lowest BCUT2D eigenvalue weighted by atomic mass is 9.96. The summed E-state index contributed by atoms with van der Waals surface area (Å²) in [6, 6.07) is 10.2. The van der Waals surface area contributed by atoms with Crippen molar-refractivity contribution in [1.29, 1.82) is 0 Å². The van der Waals surface area contributed by atoms with E-state index in [1.54, 1.807) is 19.5 Å². The molecule has 1 fully saturated rings. The van der Waals surface area contributed by atoms with Crippen LogP contribution in [0, 0.1) is 6.92 Å². The summed E-state index contributed by atoms with van der Waals surface area (Å²) in [5, 5.41) is 6.94. The summed E-state index contributed by atoms with van der Waals surface area (Å²) in [7, 11) is 1.61. The predicted octanol–water partition coefficient (Wildman–Crippen LogP) is 4.51. The van der Waals surface area contributed by atoms with Gasteiger partial charge in [-0.25, -0.2) is 19.9 Å². The van der Waals surface area contributed by atoms with E-state index in [2.05, 4.69) is 72.7 Å². The number of nitrogens with one attached hydrogen (secondary N) is 2. The molecule has 1 aliphatic carbocycles. The van der Waals surface area contributed by atoms with Crippen molar-refractivity contribution in [1.82, 2.24) is 30.2 Å². The highest BCUT2D eigenvalue weighted by Crippen LogP contribution is 2.35. The fourth-order valence-corrected chi connectivity index (χ4v) is 5.54. The van der Waals surface area contributed by atoms with Gasteiger partial charge in [-0.3, -0.25) is 9.69 Å². The Morgan fingerprint density at radius 3 is 2.73 bits per heavy atom. The standard InChI is InChI=1S/C33H37N7O4/c1-22-4-5-23-6-7-24(26(23)16-22)8-9-34-33(41)32-35-19-25(20-36-32)39-31-27-17-29(42-2)30(18-28(27)37-21-38-31)44-13-3-10-40-11-14-43-15-12-40/h4-7,16-21,24H,3,8-15H2,1-2H3,(H,34,41)(H,37,38,39). The molecule has 11 heteroatoms. The summed E-state index contributed by atoms with van der Waals surface area (Å²) in [5.41, 5.74) is 5.09. The van der Waals surface area contributed by atoms with Crippen LogP contribution in [0.3, 0.4) is 0 Å². The van der Waals surface area contributed by atoms with Gasteiger partial charge in [0.15, 0.2) is 11.5 Å². The van der Waals surface area contributed by atoms with Gasteiger partial charge in [-0.15, -0.1) is 0 Å². The van der Waals surface area contributed by atoms with E-state index in [0.717, 1.165) is 51.1 Å². The summed E-state index contributed by atoms with van der Waals surface area (Å²) in [5.74, 6) is 1.89. The largest absolute Gasteiger partial charge is 0.493 e. The molecule has 0 spiro atoms. The Kier molecular flexibility index (Phi) is 9.23. The number of benzene rings is 2. The topological polar surface area (TPSA) is 124 Å². The minimum absolute atomic E-state index is 0.110. The van der Waals surface area contributed by atoms with Crippen LogP contribution in [0.25, 0.3) is 17.0 Å². The van der Waals surface area contributed by atoms with Gasteiger partial charge >= 0.3 is 0 Å². The van der Waals surface area contributed by atoms with Gasteiger partial charge in [-0.05, 0) is 37.0 Å². The molecule has 0 radical (unpaired) electrons. The van der Waals surface area contributed by atoms with Crippen molar-refractivity contribution in [3.8, 4) is 11.5 Å². The third-order valence-corrected chi connectivity index (χ3v) is 7.91. The number of morpholine rings is 1. The van der Waals surface area contributed by atoms with Crippen molar-refractivity contribution in [2.75, 3.05) is 58.4 Å². The lowest BCUT2D eigenvalue weighted by molar-refractivity contribution is 0.0357. The van der Waals surface area contributed by atoms with Crippen molar-refractivity contribution in [3.05, 3.63) is 77.6 Å². The minimum atomic E-state index is -0.308. The molecule has 1 aliphatic heterocycles. The first-order valence-corrected chi connectivity index (χ1v) is 15.0. The maximum absolute atomic E-state index is 12.7. The smallest absolute Gasteiger partial charge is 0.289 e. The first-order chi connectivity index (χ1) is 21.6. The third kappa shape index (κ3) is 6.95. The molecule has 1 atom stereocenters. The highest BCUT2D eigenvalue weighted by Gasteiger charge is 2.18. The van der Waals surface area contributed by atoms with Crippen LogP contribution in [-0.4, -0.2) is 83.9 Å². The number of carbonyl (C=O) groups is 1.